The first-order valence-corrected chi connectivity index (χ1v) is 38.8. The van der Waals surface area contributed by atoms with Crippen LogP contribution in [0.3, 0.4) is 0 Å². The van der Waals surface area contributed by atoms with Gasteiger partial charge in [-0.3, -0.25) is 0 Å². The lowest BCUT2D eigenvalue weighted by molar-refractivity contribution is 0.304. The minimum absolute atomic E-state index is 0.677. The molecular weight excluding hydrogens is 1100 g/mol. The molecule has 0 spiro atoms. The smallest absolute Gasteiger partial charge is 0.173 e. The fraction of sp³-hybridized carbons (Fsp3) is 0.382. The van der Waals surface area contributed by atoms with Gasteiger partial charge < -0.3 is 28.3 Å². The number of nitrogens with zero attached hydrogens (tertiary/aromatic N) is 3. The van der Waals surface area contributed by atoms with E-state index in [0.717, 1.165) is 135 Å². The molecule has 454 valence electrons. The van der Waals surface area contributed by atoms with Crippen molar-refractivity contribution in [2.24, 2.45) is 0 Å². The van der Waals surface area contributed by atoms with E-state index in [0.29, 0.717) is 5.56 Å². The maximum atomic E-state index is 9.07. The van der Waals surface area contributed by atoms with Crippen LogP contribution in [0.4, 0.5) is 0 Å². The Morgan fingerprint density at radius 2 is 0.793 bits per heavy atom. The molecule has 0 aliphatic carbocycles. The molecular formula is C76H93N5O4Si2. The van der Waals surface area contributed by atoms with Gasteiger partial charge in [0.25, 0.3) is 0 Å². The fourth-order valence-corrected chi connectivity index (χ4v) is 21.0. The SMILES string of the molecule is C/C=C/CCCCCCCCOc1ccc(-c2c3nc(cc4ccc([nH]4)c(-c4ccc(OCCCCCCCCCCC[Si](C)(C)O[Si](C)(C)CCCCCOc5ccc(-c6ccc(C#N)cc6)cc5)cc4)c4nc(cc5ccc2[nH]5)C=C4)C=C3)cc1. The van der Waals surface area contributed by atoms with Crippen LogP contribution in [0.2, 0.25) is 38.3 Å². The van der Waals surface area contributed by atoms with E-state index < -0.39 is 16.6 Å². The van der Waals surface area contributed by atoms with Gasteiger partial charge >= 0.3 is 0 Å². The van der Waals surface area contributed by atoms with Gasteiger partial charge in [0.1, 0.15) is 17.2 Å². The van der Waals surface area contributed by atoms with E-state index in [1.165, 1.54) is 115 Å². The third-order valence-electron chi connectivity index (χ3n) is 16.6. The van der Waals surface area contributed by atoms with Gasteiger partial charge in [-0.05, 0) is 209 Å². The Hall–Kier alpha value is -7.50. The Morgan fingerprint density at radius 3 is 1.21 bits per heavy atom. The standard InChI is InChI=1S/C76H93N5O4Si2/c1-6-7-8-9-10-12-15-18-22-51-82-69-43-33-62(34-44-69)75-71-47-37-64(78-71)56-66-39-49-73(80-66)76(74-50-40-67(81-74)57-65-38-48-72(75)79-65)63-35-45-70(46-36-63)83-52-23-19-16-13-11-14-17-20-25-54-86(2,3)85-87(4,5)55-26-21-24-53-84-68-41-31-61(32-42-68)60-29-27-59(58-77)28-30-60/h6-7,27-50,56-57,78,81H,8-26,51-55H2,1-5H3/b7-6+,64-56?,65-57?,66-56?,67-57?,75-71?,75-72?,76-73?,76-74?. The van der Waals surface area contributed by atoms with Crippen molar-refractivity contribution in [1.29, 1.82) is 5.26 Å². The van der Waals surface area contributed by atoms with E-state index in [-0.39, 0.29) is 0 Å². The molecule has 8 bridgehead atoms. The van der Waals surface area contributed by atoms with Crippen molar-refractivity contribution < 1.29 is 18.3 Å². The van der Waals surface area contributed by atoms with Crippen LogP contribution in [0, 0.1) is 11.3 Å². The van der Waals surface area contributed by atoms with Gasteiger partial charge in [0.2, 0.25) is 0 Å². The minimum atomic E-state index is -1.70. The van der Waals surface area contributed by atoms with Crippen LogP contribution in [0.1, 0.15) is 157 Å². The number of benzene rings is 4. The topological polar surface area (TPSA) is 118 Å². The van der Waals surface area contributed by atoms with E-state index in [2.05, 4.69) is 183 Å². The van der Waals surface area contributed by atoms with Gasteiger partial charge in [-0.1, -0.05) is 151 Å². The number of unbranched alkanes of at least 4 members (excludes halogenated alkanes) is 16. The first kappa shape index (κ1) is 64.0. The van der Waals surface area contributed by atoms with Crippen molar-refractivity contribution in [2.75, 3.05) is 19.8 Å². The zero-order chi connectivity index (χ0) is 60.5. The van der Waals surface area contributed by atoms with Crippen LogP contribution < -0.4 is 14.2 Å². The summed E-state index contributed by atoms with van der Waals surface area (Å²) in [5.41, 5.74) is 14.6. The van der Waals surface area contributed by atoms with Crippen LogP contribution in [0.25, 0.3) is 79.8 Å². The van der Waals surface area contributed by atoms with Crippen molar-refractivity contribution in [2.45, 2.75) is 167 Å². The summed E-state index contributed by atoms with van der Waals surface area (Å²) in [6.45, 7) is 14.0. The van der Waals surface area contributed by atoms with Crippen LogP contribution in [0.5, 0.6) is 17.2 Å². The van der Waals surface area contributed by atoms with Gasteiger partial charge in [-0.25, -0.2) is 9.97 Å². The third-order valence-corrected chi connectivity index (χ3v) is 24.1. The molecule has 0 unspecified atom stereocenters. The van der Waals surface area contributed by atoms with Crippen LogP contribution in [-0.4, -0.2) is 56.4 Å². The minimum Gasteiger partial charge on any atom is -0.494 e. The molecule has 0 radical (unpaired) electrons. The molecule has 4 aromatic carbocycles. The lowest BCUT2D eigenvalue weighted by Gasteiger charge is -2.34. The summed E-state index contributed by atoms with van der Waals surface area (Å²) in [5.74, 6) is 2.69. The summed E-state index contributed by atoms with van der Waals surface area (Å²) in [5, 5.41) is 9.07. The second-order valence-electron chi connectivity index (χ2n) is 24.9. The van der Waals surface area contributed by atoms with Crippen LogP contribution >= 0.6 is 0 Å². The summed E-state index contributed by atoms with van der Waals surface area (Å²) >= 11 is 0. The predicted molar refractivity (Wildman–Crippen MR) is 371 cm³/mol. The highest BCUT2D eigenvalue weighted by Crippen LogP contribution is 2.35. The number of H-pyrrole nitrogens is 2. The van der Waals surface area contributed by atoms with Crippen LogP contribution in [0.15, 0.2) is 146 Å². The van der Waals surface area contributed by atoms with E-state index >= 15 is 0 Å². The number of fused-ring (bicyclic) bond motifs is 8. The van der Waals surface area contributed by atoms with E-state index in [9.17, 15) is 0 Å². The number of hydrogen-bond acceptors (Lipinski definition) is 7. The molecule has 0 fully saturated rings. The highest BCUT2D eigenvalue weighted by Gasteiger charge is 2.32. The first-order valence-electron chi connectivity index (χ1n) is 32.6. The number of ether oxygens (including phenoxy) is 3. The van der Waals surface area contributed by atoms with Gasteiger partial charge in [0.15, 0.2) is 16.6 Å². The van der Waals surface area contributed by atoms with E-state index in [4.69, 9.17) is 33.6 Å². The summed E-state index contributed by atoms with van der Waals surface area (Å²) in [6, 6.07) is 50.3. The monoisotopic (exact) mass is 1200 g/mol. The number of rotatable bonds is 35. The highest BCUT2D eigenvalue weighted by molar-refractivity contribution is 6.84. The fourth-order valence-electron chi connectivity index (χ4n) is 12.0. The number of hydrogen-bond donors (Lipinski definition) is 2. The summed E-state index contributed by atoms with van der Waals surface area (Å²) in [7, 11) is -3.39. The number of aromatic amines is 2. The van der Waals surface area contributed by atoms with Gasteiger partial charge in [0, 0.05) is 33.2 Å². The molecule has 11 heteroatoms. The molecule has 9 rings (SSSR count). The summed E-state index contributed by atoms with van der Waals surface area (Å²) in [4.78, 5) is 17.7. The zero-order valence-electron chi connectivity index (χ0n) is 52.6. The Balaban J connectivity index is 0.673. The van der Waals surface area contributed by atoms with Gasteiger partial charge in [-0.15, -0.1) is 0 Å². The molecule has 2 aliphatic rings. The molecule has 0 saturated heterocycles. The number of nitrogens with one attached hydrogen (secondary N) is 2. The first-order chi connectivity index (χ1) is 42.5. The molecule has 5 heterocycles. The Morgan fingerprint density at radius 1 is 0.425 bits per heavy atom. The highest BCUT2D eigenvalue weighted by atomic mass is 28.4. The van der Waals surface area contributed by atoms with Gasteiger partial charge in [0.05, 0.1) is 54.2 Å². The number of nitriles is 1. The molecule has 0 saturated carbocycles. The van der Waals surface area contributed by atoms with Crippen molar-refractivity contribution >= 4 is 63.0 Å². The number of aromatic nitrogens is 4. The Bertz CT molecular complexity index is 3570. The largest absolute Gasteiger partial charge is 0.494 e. The average Bonchev–Trinajstić information content (AvgIpc) is 2.24. The van der Waals surface area contributed by atoms with Crippen LogP contribution in [-0.2, 0) is 4.12 Å². The lowest BCUT2D eigenvalue weighted by atomic mass is 10.0. The molecule has 0 atom stereocenters. The second kappa shape index (κ2) is 33.0. The second-order valence-corrected chi connectivity index (χ2v) is 33.7. The maximum absolute atomic E-state index is 9.07. The van der Waals surface area contributed by atoms with Crippen molar-refractivity contribution in [3.63, 3.8) is 0 Å². The summed E-state index contributed by atoms with van der Waals surface area (Å²) < 4.78 is 25.5. The molecule has 9 nitrogen and oxygen atoms in total. The van der Waals surface area contributed by atoms with E-state index in [1.807, 2.05) is 36.4 Å². The Kier molecular flexibility index (Phi) is 24.3. The Labute approximate surface area is 521 Å². The number of allylic oxidation sites excluding steroid dienone is 2. The molecule has 2 aliphatic heterocycles. The molecule has 2 N–H and O–H groups in total. The van der Waals surface area contributed by atoms with Gasteiger partial charge in [-0.2, -0.15) is 5.26 Å². The molecule has 3 aromatic heterocycles. The van der Waals surface area contributed by atoms with Crippen molar-refractivity contribution in [3.8, 4) is 56.7 Å². The average molecular weight is 1200 g/mol. The molecule has 7 aromatic rings. The zero-order valence-corrected chi connectivity index (χ0v) is 54.6. The maximum Gasteiger partial charge on any atom is 0.173 e. The third kappa shape index (κ3) is 20.3. The van der Waals surface area contributed by atoms with E-state index in [1.54, 1.807) is 0 Å². The lowest BCUT2D eigenvalue weighted by Crippen LogP contribution is -2.44. The predicted octanol–water partition coefficient (Wildman–Crippen LogP) is 21.8. The molecule has 87 heavy (non-hydrogen) atoms. The van der Waals surface area contributed by atoms with Crippen molar-refractivity contribution in [3.05, 3.63) is 174 Å². The molecule has 0 amide bonds. The quantitative estimate of drug-likeness (QED) is 0.0231. The van der Waals surface area contributed by atoms with Crippen molar-refractivity contribution in [1.82, 2.24) is 19.9 Å². The summed E-state index contributed by atoms with van der Waals surface area (Å²) in [6.07, 6.45) is 36.3. The normalized spacial score (nSPS) is 12.3.